The fourth-order valence-electron chi connectivity index (χ4n) is 1.40. The second-order valence-corrected chi connectivity index (χ2v) is 4.17. The number of hydrogen-bond acceptors (Lipinski definition) is 1. The van der Waals surface area contributed by atoms with Gasteiger partial charge in [-0.3, -0.25) is 0 Å². The van der Waals surface area contributed by atoms with Crippen LogP contribution < -0.4 is 5.32 Å². The lowest BCUT2D eigenvalue weighted by Gasteiger charge is -2.07. The van der Waals surface area contributed by atoms with Crippen molar-refractivity contribution in [3.05, 3.63) is 64.6 Å². The van der Waals surface area contributed by atoms with E-state index in [1.807, 2.05) is 30.3 Å². The van der Waals surface area contributed by atoms with Crippen molar-refractivity contribution >= 4 is 21.6 Å². The fraction of sp³-hybridized carbons (Fsp3) is 0.0769. The average molecular weight is 262 g/mol. The average Bonchev–Trinajstić information content (AvgIpc) is 2.29. The second-order valence-electron chi connectivity index (χ2n) is 3.31. The maximum Gasteiger partial charge on any atom is 0.0411 e. The lowest BCUT2D eigenvalue weighted by molar-refractivity contribution is 1.14. The first-order valence-electron chi connectivity index (χ1n) is 4.88. The van der Waals surface area contributed by atoms with Gasteiger partial charge in [0.1, 0.15) is 0 Å². The van der Waals surface area contributed by atoms with Crippen LogP contribution in [-0.2, 0) is 6.54 Å². The Kier molecular flexibility index (Phi) is 3.41. The minimum atomic E-state index is 0.839. The molecule has 0 heterocycles. The Labute approximate surface area is 98.3 Å². The number of rotatable bonds is 3. The standard InChI is InChI=1S/C13H12BrN/c14-13-9-5-4-6-11(13)10-15-12-7-2-1-3-8-12/h1-9,15H,10H2. The Morgan fingerprint density at radius 1 is 0.867 bits per heavy atom. The van der Waals surface area contributed by atoms with E-state index < -0.39 is 0 Å². The molecule has 1 nitrogen and oxygen atoms in total. The third-order valence-corrected chi connectivity index (χ3v) is 2.99. The summed E-state index contributed by atoms with van der Waals surface area (Å²) in [5.41, 5.74) is 2.41. The van der Waals surface area contributed by atoms with E-state index in [-0.39, 0.29) is 0 Å². The van der Waals surface area contributed by atoms with Crippen LogP contribution in [0.15, 0.2) is 59.1 Å². The van der Waals surface area contributed by atoms with E-state index in [0.29, 0.717) is 0 Å². The van der Waals surface area contributed by atoms with Crippen LogP contribution in [0.2, 0.25) is 0 Å². The highest BCUT2D eigenvalue weighted by Crippen LogP contribution is 2.17. The first-order chi connectivity index (χ1) is 7.36. The van der Waals surface area contributed by atoms with Gasteiger partial charge in [-0.25, -0.2) is 0 Å². The van der Waals surface area contributed by atoms with Crippen molar-refractivity contribution in [1.29, 1.82) is 0 Å². The third-order valence-electron chi connectivity index (χ3n) is 2.21. The van der Waals surface area contributed by atoms with E-state index in [0.717, 1.165) is 16.7 Å². The molecule has 2 heteroatoms. The predicted molar refractivity (Wildman–Crippen MR) is 67.9 cm³/mol. The van der Waals surface area contributed by atoms with Gasteiger partial charge in [0, 0.05) is 16.7 Å². The maximum absolute atomic E-state index is 3.53. The van der Waals surface area contributed by atoms with Crippen molar-refractivity contribution in [1.82, 2.24) is 0 Å². The number of anilines is 1. The Hall–Kier alpha value is -1.28. The Bertz CT molecular complexity index is 426. The number of halogens is 1. The second kappa shape index (κ2) is 4.99. The van der Waals surface area contributed by atoms with Crippen LogP contribution in [0.5, 0.6) is 0 Å². The van der Waals surface area contributed by atoms with Crippen molar-refractivity contribution in [2.75, 3.05) is 5.32 Å². The summed E-state index contributed by atoms with van der Waals surface area (Å²) in [6, 6.07) is 18.5. The predicted octanol–water partition coefficient (Wildman–Crippen LogP) is 4.06. The fourth-order valence-corrected chi connectivity index (χ4v) is 1.82. The summed E-state index contributed by atoms with van der Waals surface area (Å²) in [6.07, 6.45) is 0. The molecule has 0 aliphatic heterocycles. The molecule has 0 aliphatic carbocycles. The molecule has 0 bridgehead atoms. The molecular weight excluding hydrogens is 250 g/mol. The van der Waals surface area contributed by atoms with Gasteiger partial charge in [0.15, 0.2) is 0 Å². The molecule has 0 radical (unpaired) electrons. The number of para-hydroxylation sites is 1. The number of nitrogens with one attached hydrogen (secondary N) is 1. The van der Waals surface area contributed by atoms with Gasteiger partial charge in [-0.05, 0) is 23.8 Å². The van der Waals surface area contributed by atoms with Gasteiger partial charge in [0.05, 0.1) is 0 Å². The van der Waals surface area contributed by atoms with Gasteiger partial charge in [-0.1, -0.05) is 52.3 Å². The highest BCUT2D eigenvalue weighted by Gasteiger charge is 1.97. The van der Waals surface area contributed by atoms with Crippen molar-refractivity contribution in [2.45, 2.75) is 6.54 Å². The largest absolute Gasteiger partial charge is 0.381 e. The Balaban J connectivity index is 2.03. The summed E-state index contributed by atoms with van der Waals surface area (Å²) in [6.45, 7) is 0.839. The number of hydrogen-bond donors (Lipinski definition) is 1. The lowest BCUT2D eigenvalue weighted by atomic mass is 10.2. The molecule has 0 aliphatic rings. The molecule has 1 N–H and O–H groups in total. The first-order valence-corrected chi connectivity index (χ1v) is 5.68. The maximum atomic E-state index is 3.53. The minimum Gasteiger partial charge on any atom is -0.381 e. The van der Waals surface area contributed by atoms with E-state index in [9.17, 15) is 0 Å². The van der Waals surface area contributed by atoms with E-state index in [1.165, 1.54) is 5.56 Å². The van der Waals surface area contributed by atoms with Gasteiger partial charge < -0.3 is 5.32 Å². The molecule has 2 aromatic rings. The van der Waals surface area contributed by atoms with Crippen LogP contribution in [0.1, 0.15) is 5.56 Å². The topological polar surface area (TPSA) is 12.0 Å². The van der Waals surface area contributed by atoms with E-state index >= 15 is 0 Å². The summed E-state index contributed by atoms with van der Waals surface area (Å²) in [5, 5.41) is 3.37. The molecule has 76 valence electrons. The molecule has 0 fully saturated rings. The zero-order chi connectivity index (χ0) is 10.5. The van der Waals surface area contributed by atoms with Crippen LogP contribution in [0.4, 0.5) is 5.69 Å². The molecule has 0 aromatic heterocycles. The molecular formula is C13H12BrN. The molecule has 0 atom stereocenters. The van der Waals surface area contributed by atoms with Gasteiger partial charge in [-0.2, -0.15) is 0 Å². The molecule has 0 spiro atoms. The smallest absolute Gasteiger partial charge is 0.0411 e. The van der Waals surface area contributed by atoms with Gasteiger partial charge in [0.25, 0.3) is 0 Å². The Morgan fingerprint density at radius 2 is 1.53 bits per heavy atom. The minimum absolute atomic E-state index is 0.839. The van der Waals surface area contributed by atoms with Crippen LogP contribution in [0.25, 0.3) is 0 Å². The van der Waals surface area contributed by atoms with Gasteiger partial charge >= 0.3 is 0 Å². The highest BCUT2D eigenvalue weighted by atomic mass is 79.9. The first kappa shape index (κ1) is 10.2. The lowest BCUT2D eigenvalue weighted by Crippen LogP contribution is -1.99. The van der Waals surface area contributed by atoms with Gasteiger partial charge in [-0.15, -0.1) is 0 Å². The van der Waals surface area contributed by atoms with Gasteiger partial charge in [0.2, 0.25) is 0 Å². The van der Waals surface area contributed by atoms with E-state index in [2.05, 4.69) is 45.5 Å². The summed E-state index contributed by atoms with van der Waals surface area (Å²) in [5.74, 6) is 0. The van der Waals surface area contributed by atoms with Crippen molar-refractivity contribution in [3.8, 4) is 0 Å². The van der Waals surface area contributed by atoms with Crippen LogP contribution in [0.3, 0.4) is 0 Å². The highest BCUT2D eigenvalue weighted by molar-refractivity contribution is 9.10. The molecule has 2 rings (SSSR count). The quantitative estimate of drug-likeness (QED) is 0.879. The molecule has 0 saturated heterocycles. The van der Waals surface area contributed by atoms with E-state index in [4.69, 9.17) is 0 Å². The SMILES string of the molecule is Brc1ccccc1CNc1ccccc1. The summed E-state index contributed by atoms with van der Waals surface area (Å²) >= 11 is 3.53. The number of benzene rings is 2. The molecule has 2 aromatic carbocycles. The van der Waals surface area contributed by atoms with Crippen molar-refractivity contribution < 1.29 is 0 Å². The summed E-state index contributed by atoms with van der Waals surface area (Å²) in [4.78, 5) is 0. The zero-order valence-electron chi connectivity index (χ0n) is 8.28. The van der Waals surface area contributed by atoms with Crippen LogP contribution >= 0.6 is 15.9 Å². The molecule has 0 saturated carbocycles. The Morgan fingerprint density at radius 3 is 2.27 bits per heavy atom. The molecule has 0 unspecified atom stereocenters. The molecule has 15 heavy (non-hydrogen) atoms. The van der Waals surface area contributed by atoms with Crippen molar-refractivity contribution in [2.24, 2.45) is 0 Å². The normalized spacial score (nSPS) is 9.93. The van der Waals surface area contributed by atoms with E-state index in [1.54, 1.807) is 0 Å². The zero-order valence-corrected chi connectivity index (χ0v) is 9.87. The summed E-state index contributed by atoms with van der Waals surface area (Å²) in [7, 11) is 0. The molecule has 0 amide bonds. The third kappa shape index (κ3) is 2.83. The summed E-state index contributed by atoms with van der Waals surface area (Å²) < 4.78 is 1.15. The van der Waals surface area contributed by atoms with Crippen molar-refractivity contribution in [3.63, 3.8) is 0 Å². The monoisotopic (exact) mass is 261 g/mol. The van der Waals surface area contributed by atoms with Crippen LogP contribution in [0, 0.1) is 0 Å². The van der Waals surface area contributed by atoms with Crippen LogP contribution in [-0.4, -0.2) is 0 Å².